The molecule has 184 valence electrons. The molecular formula is C26H29FN4O3S. The molecule has 1 atom stereocenters. The molecule has 0 radical (unpaired) electrons. The van der Waals surface area contributed by atoms with Crippen molar-refractivity contribution in [3.8, 4) is 0 Å². The zero-order valence-electron chi connectivity index (χ0n) is 19.8. The molecule has 2 N–H and O–H groups in total. The Hall–Kier alpha value is -3.43. The van der Waals surface area contributed by atoms with Crippen LogP contribution in [-0.4, -0.2) is 50.2 Å². The Balaban J connectivity index is 1.55. The molecule has 0 spiro atoms. The van der Waals surface area contributed by atoms with Gasteiger partial charge in [0.15, 0.2) is 0 Å². The number of hydrogen-bond donors (Lipinski definition) is 2. The first-order valence-electron chi connectivity index (χ1n) is 11.5. The molecule has 0 aliphatic carbocycles. The molecule has 3 amide bonds. The van der Waals surface area contributed by atoms with Crippen molar-refractivity contribution >= 4 is 40.3 Å². The summed E-state index contributed by atoms with van der Waals surface area (Å²) in [6.07, 6.45) is 1.92. The average Bonchev–Trinajstić information content (AvgIpc) is 3.54. The lowest BCUT2D eigenvalue weighted by Crippen LogP contribution is -2.37. The van der Waals surface area contributed by atoms with Gasteiger partial charge in [0.05, 0.1) is 16.7 Å². The first kappa shape index (κ1) is 24.7. The topological polar surface area (TPSA) is 73.9 Å². The molecule has 4 rings (SSSR count). The lowest BCUT2D eigenvalue weighted by molar-refractivity contribution is 0.0511. The number of nitrogens with one attached hydrogen (secondary N) is 2. The van der Waals surface area contributed by atoms with Crippen LogP contribution in [0.4, 0.5) is 26.2 Å². The van der Waals surface area contributed by atoms with E-state index >= 15 is 0 Å². The van der Waals surface area contributed by atoms with Crippen molar-refractivity contribution in [2.45, 2.75) is 25.5 Å². The van der Waals surface area contributed by atoms with Gasteiger partial charge in [-0.2, -0.15) is 0 Å². The number of ether oxygens (including phenoxy) is 1. The summed E-state index contributed by atoms with van der Waals surface area (Å²) in [7, 11) is 3.87. The summed E-state index contributed by atoms with van der Waals surface area (Å²) in [4.78, 5) is 30.3. The van der Waals surface area contributed by atoms with Gasteiger partial charge in [0.2, 0.25) is 0 Å². The predicted molar refractivity (Wildman–Crippen MR) is 138 cm³/mol. The van der Waals surface area contributed by atoms with Gasteiger partial charge >= 0.3 is 6.03 Å². The summed E-state index contributed by atoms with van der Waals surface area (Å²) >= 11 is 1.41. The van der Waals surface area contributed by atoms with Crippen LogP contribution in [0.25, 0.3) is 0 Å². The number of anilines is 3. The second-order valence-electron chi connectivity index (χ2n) is 8.59. The van der Waals surface area contributed by atoms with Crippen LogP contribution in [0, 0.1) is 5.82 Å². The van der Waals surface area contributed by atoms with Crippen molar-refractivity contribution in [3.63, 3.8) is 0 Å². The van der Waals surface area contributed by atoms with Gasteiger partial charge in [0.1, 0.15) is 5.82 Å². The predicted octanol–water partition coefficient (Wildman–Crippen LogP) is 5.42. The number of carbonyl (C=O) groups is 2. The Kier molecular flexibility index (Phi) is 7.99. The number of halogens is 1. The summed E-state index contributed by atoms with van der Waals surface area (Å²) in [5.74, 6) is -0.556. The van der Waals surface area contributed by atoms with Gasteiger partial charge in [0, 0.05) is 45.2 Å². The van der Waals surface area contributed by atoms with E-state index in [1.165, 1.54) is 23.5 Å². The van der Waals surface area contributed by atoms with E-state index in [2.05, 4.69) is 10.6 Å². The first-order chi connectivity index (χ1) is 16.9. The van der Waals surface area contributed by atoms with Crippen LogP contribution >= 0.6 is 11.3 Å². The molecule has 0 unspecified atom stereocenters. The van der Waals surface area contributed by atoms with E-state index in [0.717, 1.165) is 24.1 Å². The third kappa shape index (κ3) is 6.37. The van der Waals surface area contributed by atoms with Crippen LogP contribution in [0.5, 0.6) is 0 Å². The van der Waals surface area contributed by atoms with Gasteiger partial charge in [-0.3, -0.25) is 4.79 Å². The van der Waals surface area contributed by atoms with E-state index in [1.807, 2.05) is 53.5 Å². The van der Waals surface area contributed by atoms with E-state index in [4.69, 9.17) is 4.74 Å². The summed E-state index contributed by atoms with van der Waals surface area (Å²) < 4.78 is 19.7. The number of benzene rings is 2. The lowest BCUT2D eigenvalue weighted by atomic mass is 10.1. The summed E-state index contributed by atoms with van der Waals surface area (Å²) in [6, 6.07) is 14.7. The summed E-state index contributed by atoms with van der Waals surface area (Å²) in [5.41, 5.74) is 2.45. The molecule has 1 fully saturated rings. The number of rotatable bonds is 8. The highest BCUT2D eigenvalue weighted by molar-refractivity contribution is 7.12. The minimum Gasteiger partial charge on any atom is -0.377 e. The maximum Gasteiger partial charge on any atom is 0.323 e. The molecule has 1 saturated heterocycles. The highest BCUT2D eigenvalue weighted by Gasteiger charge is 2.25. The van der Waals surface area contributed by atoms with E-state index < -0.39 is 11.8 Å². The van der Waals surface area contributed by atoms with Gasteiger partial charge in [0.25, 0.3) is 5.91 Å². The molecule has 7 nitrogen and oxygen atoms in total. The zero-order chi connectivity index (χ0) is 24.8. The van der Waals surface area contributed by atoms with Crippen LogP contribution in [0.1, 0.15) is 28.1 Å². The molecule has 1 aliphatic heterocycles. The second-order valence-corrected chi connectivity index (χ2v) is 9.54. The lowest BCUT2D eigenvalue weighted by Gasteiger charge is -2.28. The molecule has 3 aromatic rings. The fourth-order valence-electron chi connectivity index (χ4n) is 4.09. The molecular weight excluding hydrogens is 467 g/mol. The number of hydrogen-bond acceptors (Lipinski definition) is 5. The number of urea groups is 1. The highest BCUT2D eigenvalue weighted by Crippen LogP contribution is 2.27. The number of amides is 3. The van der Waals surface area contributed by atoms with E-state index in [-0.39, 0.29) is 17.7 Å². The molecule has 2 heterocycles. The van der Waals surface area contributed by atoms with Gasteiger partial charge in [-0.25, -0.2) is 9.18 Å². The zero-order valence-corrected chi connectivity index (χ0v) is 20.6. The fourth-order valence-corrected chi connectivity index (χ4v) is 4.78. The quantitative estimate of drug-likeness (QED) is 0.437. The van der Waals surface area contributed by atoms with E-state index in [0.29, 0.717) is 30.3 Å². The van der Waals surface area contributed by atoms with Gasteiger partial charge in [-0.05, 0) is 60.2 Å². The third-order valence-electron chi connectivity index (χ3n) is 5.77. The molecule has 0 bridgehead atoms. The van der Waals surface area contributed by atoms with Crippen LogP contribution in [-0.2, 0) is 11.3 Å². The highest BCUT2D eigenvalue weighted by atomic mass is 32.1. The van der Waals surface area contributed by atoms with Crippen LogP contribution < -0.4 is 15.5 Å². The Morgan fingerprint density at radius 1 is 1.11 bits per heavy atom. The summed E-state index contributed by atoms with van der Waals surface area (Å²) in [5, 5.41) is 7.18. The Bertz CT molecular complexity index is 1160. The molecule has 2 aromatic carbocycles. The van der Waals surface area contributed by atoms with E-state index in [1.54, 1.807) is 18.2 Å². The Labute approximate surface area is 208 Å². The molecule has 0 saturated carbocycles. The molecule has 1 aromatic heterocycles. The maximum absolute atomic E-state index is 13.9. The SMILES string of the molecule is CN(C)c1ccc(NC(=O)Nc2ccccc2F)cc1CN(C[C@@H]1CCCO1)C(=O)c1cccs1. The first-order valence-corrected chi connectivity index (χ1v) is 12.4. The third-order valence-corrected chi connectivity index (χ3v) is 6.63. The minimum atomic E-state index is -0.551. The smallest absolute Gasteiger partial charge is 0.323 e. The normalized spacial score (nSPS) is 15.0. The van der Waals surface area contributed by atoms with Crippen molar-refractivity contribution in [3.05, 3.63) is 76.2 Å². The number of nitrogens with zero attached hydrogens (tertiary/aromatic N) is 2. The molecule has 9 heteroatoms. The van der Waals surface area contributed by atoms with Gasteiger partial charge < -0.3 is 25.2 Å². The molecule has 1 aliphatic rings. The average molecular weight is 497 g/mol. The Morgan fingerprint density at radius 2 is 1.94 bits per heavy atom. The number of para-hydroxylation sites is 1. The van der Waals surface area contributed by atoms with Gasteiger partial charge in [-0.1, -0.05) is 18.2 Å². The van der Waals surface area contributed by atoms with Crippen LogP contribution in [0.3, 0.4) is 0 Å². The Morgan fingerprint density at radius 3 is 2.63 bits per heavy atom. The standard InChI is InChI=1S/C26H29FN4O3S/c1-30(2)23-12-11-19(28-26(33)29-22-9-4-3-8-21(22)27)15-18(23)16-31(17-20-7-5-13-34-20)25(32)24-10-6-14-35-24/h3-4,6,8-12,14-15,20H,5,7,13,16-17H2,1-2H3,(H2,28,29,33)/t20-/m0/s1. The van der Waals surface area contributed by atoms with Crippen molar-refractivity contribution in [2.75, 3.05) is 42.8 Å². The monoisotopic (exact) mass is 496 g/mol. The molecule has 35 heavy (non-hydrogen) atoms. The van der Waals surface area contributed by atoms with Crippen molar-refractivity contribution in [1.82, 2.24) is 4.90 Å². The number of thiophene rings is 1. The van der Waals surface area contributed by atoms with Crippen LogP contribution in [0.15, 0.2) is 60.0 Å². The minimum absolute atomic E-state index is 0.00886. The van der Waals surface area contributed by atoms with Crippen molar-refractivity contribution < 1.29 is 18.7 Å². The van der Waals surface area contributed by atoms with Crippen molar-refractivity contribution in [2.24, 2.45) is 0 Å². The van der Waals surface area contributed by atoms with Gasteiger partial charge in [-0.15, -0.1) is 11.3 Å². The van der Waals surface area contributed by atoms with Crippen molar-refractivity contribution in [1.29, 1.82) is 0 Å². The largest absolute Gasteiger partial charge is 0.377 e. The fraction of sp³-hybridized carbons (Fsp3) is 0.308. The van der Waals surface area contributed by atoms with Crippen LogP contribution in [0.2, 0.25) is 0 Å². The summed E-state index contributed by atoms with van der Waals surface area (Å²) in [6.45, 7) is 1.56. The second kappa shape index (κ2) is 11.3. The maximum atomic E-state index is 13.9. The number of carbonyl (C=O) groups excluding carboxylic acids is 2. The van der Waals surface area contributed by atoms with E-state index in [9.17, 15) is 14.0 Å².